The van der Waals surface area contributed by atoms with Gasteiger partial charge < -0.3 is 14.8 Å². The third-order valence-corrected chi connectivity index (χ3v) is 2.76. The van der Waals surface area contributed by atoms with Crippen molar-refractivity contribution >= 4 is 17.1 Å². The molecule has 0 bridgehead atoms. The summed E-state index contributed by atoms with van der Waals surface area (Å²) in [5, 5.41) is 9.21. The average Bonchev–Trinajstić information content (AvgIpc) is 2.90. The van der Waals surface area contributed by atoms with E-state index in [2.05, 4.69) is 19.9 Å². The second-order valence-corrected chi connectivity index (χ2v) is 4.19. The molecular weight excluding hydrogens is 260 g/mol. The molecule has 0 aliphatic carbocycles. The van der Waals surface area contributed by atoms with E-state index in [4.69, 9.17) is 4.74 Å². The summed E-state index contributed by atoms with van der Waals surface area (Å²) < 4.78 is 5.59. The van der Waals surface area contributed by atoms with E-state index in [9.17, 15) is 9.90 Å². The van der Waals surface area contributed by atoms with Gasteiger partial charge in [-0.1, -0.05) is 11.6 Å². The quantitative estimate of drug-likeness (QED) is 0.756. The summed E-state index contributed by atoms with van der Waals surface area (Å²) in [7, 11) is 0. The van der Waals surface area contributed by atoms with Gasteiger partial charge in [-0.25, -0.2) is 14.8 Å². The second kappa shape index (κ2) is 4.61. The van der Waals surface area contributed by atoms with Crippen molar-refractivity contribution in [3.05, 3.63) is 42.0 Å². The number of aryl methyl sites for hydroxylation is 1. The molecule has 0 saturated carbocycles. The first-order chi connectivity index (χ1) is 9.65. The summed E-state index contributed by atoms with van der Waals surface area (Å²) in [6.45, 7) is 1.81. The van der Waals surface area contributed by atoms with Crippen LogP contribution in [0.4, 0.5) is 0 Å². The van der Waals surface area contributed by atoms with E-state index in [1.54, 1.807) is 18.2 Å². The van der Waals surface area contributed by atoms with Crippen LogP contribution in [0.1, 0.15) is 15.9 Å². The maximum absolute atomic E-state index is 11.2. The van der Waals surface area contributed by atoms with Crippen molar-refractivity contribution in [1.82, 2.24) is 19.9 Å². The van der Waals surface area contributed by atoms with E-state index in [1.165, 1.54) is 12.7 Å². The number of rotatable bonds is 3. The Morgan fingerprint density at radius 3 is 2.95 bits per heavy atom. The number of nitrogens with zero attached hydrogens (tertiary/aromatic N) is 3. The highest BCUT2D eigenvalue weighted by atomic mass is 16.5. The highest BCUT2D eigenvalue weighted by Gasteiger charge is 2.15. The minimum Gasteiger partial charge on any atom is -0.478 e. The molecule has 1 aromatic carbocycles. The molecule has 7 heteroatoms. The minimum atomic E-state index is -1.06. The Labute approximate surface area is 113 Å². The number of nitrogens with one attached hydrogen (secondary N) is 1. The maximum atomic E-state index is 11.2. The van der Waals surface area contributed by atoms with Crippen LogP contribution in [-0.4, -0.2) is 31.0 Å². The van der Waals surface area contributed by atoms with Crippen molar-refractivity contribution in [1.29, 1.82) is 0 Å². The molecule has 2 heterocycles. The zero-order chi connectivity index (χ0) is 14.1. The fourth-order valence-corrected chi connectivity index (χ4v) is 1.82. The van der Waals surface area contributed by atoms with Crippen LogP contribution < -0.4 is 4.74 Å². The number of aromatic amines is 1. The lowest BCUT2D eigenvalue weighted by Gasteiger charge is -2.08. The standard InChI is InChI=1S/C13H10N4O3/c1-7-2-3-9(8(4-7)13(18)19)20-12-10-11(15-5-14-10)16-6-17-12/h2-6H,1H3,(H,18,19)(H,14,15,16,17). The Kier molecular flexibility index (Phi) is 2.79. The molecule has 20 heavy (non-hydrogen) atoms. The lowest BCUT2D eigenvalue weighted by atomic mass is 10.1. The summed E-state index contributed by atoms with van der Waals surface area (Å²) >= 11 is 0. The number of hydrogen-bond acceptors (Lipinski definition) is 5. The third-order valence-electron chi connectivity index (χ3n) is 2.76. The number of benzene rings is 1. The van der Waals surface area contributed by atoms with Crippen molar-refractivity contribution in [3.63, 3.8) is 0 Å². The first-order valence-corrected chi connectivity index (χ1v) is 5.81. The molecule has 0 unspecified atom stereocenters. The van der Waals surface area contributed by atoms with E-state index in [0.717, 1.165) is 5.56 Å². The third kappa shape index (κ3) is 2.05. The van der Waals surface area contributed by atoms with Crippen LogP contribution in [0.25, 0.3) is 11.2 Å². The largest absolute Gasteiger partial charge is 0.478 e. The van der Waals surface area contributed by atoms with E-state index in [1.807, 2.05) is 6.92 Å². The van der Waals surface area contributed by atoms with Crippen LogP contribution in [0.2, 0.25) is 0 Å². The summed E-state index contributed by atoms with van der Waals surface area (Å²) in [5.41, 5.74) is 1.89. The maximum Gasteiger partial charge on any atom is 0.339 e. The van der Waals surface area contributed by atoms with Gasteiger partial charge in [0, 0.05) is 0 Å². The van der Waals surface area contributed by atoms with Gasteiger partial charge in [0.25, 0.3) is 0 Å². The molecule has 100 valence electrons. The van der Waals surface area contributed by atoms with Gasteiger partial charge in [-0.15, -0.1) is 0 Å². The number of aromatic nitrogens is 4. The first-order valence-electron chi connectivity index (χ1n) is 5.81. The van der Waals surface area contributed by atoms with Gasteiger partial charge >= 0.3 is 5.97 Å². The molecule has 7 nitrogen and oxygen atoms in total. The number of ether oxygens (including phenoxy) is 1. The van der Waals surface area contributed by atoms with Gasteiger partial charge in [0.15, 0.2) is 5.65 Å². The van der Waals surface area contributed by atoms with Gasteiger partial charge in [-0.3, -0.25) is 0 Å². The summed E-state index contributed by atoms with van der Waals surface area (Å²) in [5.74, 6) is -0.602. The van der Waals surface area contributed by atoms with E-state index >= 15 is 0 Å². The lowest BCUT2D eigenvalue weighted by Crippen LogP contribution is -2.01. The number of fused-ring (bicyclic) bond motifs is 1. The van der Waals surface area contributed by atoms with Crippen LogP contribution in [0.15, 0.2) is 30.9 Å². The SMILES string of the molecule is Cc1ccc(Oc2ncnc3nc[nH]c23)c(C(=O)O)c1. The number of carboxylic acid groups (broad SMARTS) is 1. The Hall–Kier alpha value is -2.96. The molecule has 2 aromatic heterocycles. The number of H-pyrrole nitrogens is 1. The van der Waals surface area contributed by atoms with Crippen molar-refractivity contribution < 1.29 is 14.6 Å². The van der Waals surface area contributed by atoms with Crippen LogP contribution in [-0.2, 0) is 0 Å². The number of carboxylic acids is 1. The number of hydrogen-bond donors (Lipinski definition) is 2. The fraction of sp³-hybridized carbons (Fsp3) is 0.0769. The molecule has 0 saturated heterocycles. The van der Waals surface area contributed by atoms with Crippen LogP contribution in [0.5, 0.6) is 11.6 Å². The molecule has 0 fully saturated rings. The molecule has 3 rings (SSSR count). The Morgan fingerprint density at radius 1 is 1.30 bits per heavy atom. The molecule has 0 aliphatic heterocycles. The average molecular weight is 270 g/mol. The molecule has 0 atom stereocenters. The zero-order valence-electron chi connectivity index (χ0n) is 10.5. The smallest absolute Gasteiger partial charge is 0.339 e. The monoisotopic (exact) mass is 270 g/mol. The zero-order valence-corrected chi connectivity index (χ0v) is 10.5. The summed E-state index contributed by atoms with van der Waals surface area (Å²) in [6, 6.07) is 4.92. The fourth-order valence-electron chi connectivity index (χ4n) is 1.82. The first kappa shape index (κ1) is 12.1. The highest BCUT2D eigenvalue weighted by Crippen LogP contribution is 2.28. The van der Waals surface area contributed by atoms with Crippen molar-refractivity contribution in [3.8, 4) is 11.6 Å². The molecule has 0 spiro atoms. The van der Waals surface area contributed by atoms with Gasteiger partial charge in [0.05, 0.1) is 6.33 Å². The molecule has 0 aliphatic rings. The molecule has 2 N–H and O–H groups in total. The van der Waals surface area contributed by atoms with Crippen molar-refractivity contribution in [2.24, 2.45) is 0 Å². The Morgan fingerprint density at radius 2 is 2.15 bits per heavy atom. The lowest BCUT2D eigenvalue weighted by molar-refractivity contribution is 0.0694. The Balaban J connectivity index is 2.07. The van der Waals surface area contributed by atoms with Crippen LogP contribution >= 0.6 is 0 Å². The van der Waals surface area contributed by atoms with Gasteiger partial charge in [-0.05, 0) is 19.1 Å². The van der Waals surface area contributed by atoms with Crippen molar-refractivity contribution in [2.75, 3.05) is 0 Å². The number of aromatic carboxylic acids is 1. The topological polar surface area (TPSA) is 101 Å². The summed E-state index contributed by atoms with van der Waals surface area (Å²) in [4.78, 5) is 26.1. The number of imidazole rings is 1. The molecule has 0 radical (unpaired) electrons. The van der Waals surface area contributed by atoms with Gasteiger partial charge in [-0.2, -0.15) is 4.98 Å². The van der Waals surface area contributed by atoms with Gasteiger partial charge in [0.2, 0.25) is 5.88 Å². The molecule has 3 aromatic rings. The van der Waals surface area contributed by atoms with Crippen LogP contribution in [0.3, 0.4) is 0 Å². The van der Waals surface area contributed by atoms with E-state index < -0.39 is 5.97 Å². The van der Waals surface area contributed by atoms with E-state index in [-0.39, 0.29) is 17.2 Å². The van der Waals surface area contributed by atoms with Gasteiger partial charge in [0.1, 0.15) is 23.2 Å². The molecular formula is C13H10N4O3. The minimum absolute atomic E-state index is 0.0799. The molecule has 0 amide bonds. The normalized spacial score (nSPS) is 10.7. The second-order valence-electron chi connectivity index (χ2n) is 4.19. The predicted molar refractivity (Wildman–Crippen MR) is 69.9 cm³/mol. The van der Waals surface area contributed by atoms with Crippen LogP contribution in [0, 0.1) is 6.92 Å². The van der Waals surface area contributed by atoms with Crippen molar-refractivity contribution in [2.45, 2.75) is 6.92 Å². The highest BCUT2D eigenvalue weighted by molar-refractivity contribution is 5.91. The number of carbonyl (C=O) groups is 1. The predicted octanol–water partition coefficient (Wildman–Crippen LogP) is 2.15. The van der Waals surface area contributed by atoms with E-state index in [0.29, 0.717) is 11.2 Å². The summed E-state index contributed by atoms with van der Waals surface area (Å²) in [6.07, 6.45) is 2.78. The Bertz CT molecular complexity index is 797.